The Morgan fingerprint density at radius 3 is 1.85 bits per heavy atom. The summed E-state index contributed by atoms with van der Waals surface area (Å²) in [6.07, 6.45) is 1.09. The SMILES string of the molecule is CSCCC(NC(=O)C(CC(C)C)NC(=O)C(N)CCC(=O)O)C(=O)NC(CC(N)=O)C(=O)O. The first-order valence-electron chi connectivity index (χ1n) is 10.7. The van der Waals surface area contributed by atoms with E-state index in [9.17, 15) is 33.9 Å². The first kappa shape index (κ1) is 31.1. The summed E-state index contributed by atoms with van der Waals surface area (Å²) in [6.45, 7) is 3.63. The van der Waals surface area contributed by atoms with E-state index in [4.69, 9.17) is 16.6 Å². The molecule has 0 aromatic heterocycles. The number of hydrogen-bond acceptors (Lipinski definition) is 8. The first-order valence-corrected chi connectivity index (χ1v) is 12.1. The van der Waals surface area contributed by atoms with Crippen LogP contribution in [-0.4, -0.2) is 82.0 Å². The van der Waals surface area contributed by atoms with Gasteiger partial charge in [0.25, 0.3) is 0 Å². The number of carboxylic acid groups (broad SMARTS) is 2. The molecule has 4 amide bonds. The van der Waals surface area contributed by atoms with Crippen LogP contribution in [-0.2, 0) is 28.8 Å². The highest BCUT2D eigenvalue weighted by atomic mass is 32.2. The number of carbonyl (C=O) groups excluding carboxylic acids is 4. The second-order valence-corrected chi connectivity index (χ2v) is 9.13. The zero-order valence-electron chi connectivity index (χ0n) is 19.5. The highest BCUT2D eigenvalue weighted by molar-refractivity contribution is 7.98. The maximum atomic E-state index is 12.9. The Hall–Kier alpha value is -2.87. The Balaban J connectivity index is 5.45. The van der Waals surface area contributed by atoms with Crippen LogP contribution in [0.1, 0.15) is 46.0 Å². The van der Waals surface area contributed by atoms with Crippen LogP contribution in [0.3, 0.4) is 0 Å². The van der Waals surface area contributed by atoms with Crippen LogP contribution in [0.4, 0.5) is 0 Å². The van der Waals surface area contributed by atoms with Crippen molar-refractivity contribution >= 4 is 47.3 Å². The van der Waals surface area contributed by atoms with Gasteiger partial charge in [0.05, 0.1) is 12.5 Å². The molecule has 14 heteroatoms. The molecule has 4 unspecified atom stereocenters. The third-order valence-corrected chi connectivity index (χ3v) is 5.25. The summed E-state index contributed by atoms with van der Waals surface area (Å²) in [5.74, 6) is -5.28. The van der Waals surface area contributed by atoms with Gasteiger partial charge in [-0.15, -0.1) is 0 Å². The largest absolute Gasteiger partial charge is 0.481 e. The Morgan fingerprint density at radius 1 is 0.853 bits per heavy atom. The number of primary amides is 1. The minimum atomic E-state index is -1.56. The van der Waals surface area contributed by atoms with Gasteiger partial charge in [-0.1, -0.05) is 13.8 Å². The first-order chi connectivity index (χ1) is 15.8. The molecule has 34 heavy (non-hydrogen) atoms. The van der Waals surface area contributed by atoms with Crippen molar-refractivity contribution in [3.05, 3.63) is 0 Å². The quantitative estimate of drug-likeness (QED) is 0.119. The van der Waals surface area contributed by atoms with E-state index < -0.39 is 66.2 Å². The predicted octanol–water partition coefficient (Wildman–Crippen LogP) is -1.61. The van der Waals surface area contributed by atoms with Crippen LogP contribution in [0.2, 0.25) is 0 Å². The Bertz CT molecular complexity index is 748. The number of amides is 4. The number of aliphatic carboxylic acids is 2. The van der Waals surface area contributed by atoms with Crippen LogP contribution in [0.25, 0.3) is 0 Å². The lowest BCUT2D eigenvalue weighted by Gasteiger charge is -2.26. The van der Waals surface area contributed by atoms with Gasteiger partial charge in [0.2, 0.25) is 23.6 Å². The fourth-order valence-corrected chi connectivity index (χ4v) is 3.31. The number of nitrogens with two attached hydrogens (primary N) is 2. The van der Waals surface area contributed by atoms with Crippen LogP contribution >= 0.6 is 11.8 Å². The molecule has 0 bridgehead atoms. The summed E-state index contributed by atoms with van der Waals surface area (Å²) < 4.78 is 0. The van der Waals surface area contributed by atoms with E-state index in [1.807, 2.05) is 13.8 Å². The van der Waals surface area contributed by atoms with Gasteiger partial charge in [-0.25, -0.2) is 4.79 Å². The van der Waals surface area contributed by atoms with Crippen molar-refractivity contribution in [2.24, 2.45) is 17.4 Å². The topological polar surface area (TPSA) is 231 Å². The summed E-state index contributed by atoms with van der Waals surface area (Å²) in [6, 6.07) is -4.90. The van der Waals surface area contributed by atoms with E-state index in [0.717, 1.165) is 0 Å². The lowest BCUT2D eigenvalue weighted by atomic mass is 10.0. The van der Waals surface area contributed by atoms with E-state index in [1.54, 1.807) is 6.26 Å². The monoisotopic (exact) mass is 505 g/mol. The second-order valence-electron chi connectivity index (χ2n) is 8.14. The van der Waals surface area contributed by atoms with Crippen molar-refractivity contribution in [3.8, 4) is 0 Å². The van der Waals surface area contributed by atoms with Gasteiger partial charge in [-0.3, -0.25) is 24.0 Å². The van der Waals surface area contributed by atoms with Crippen molar-refractivity contribution in [3.63, 3.8) is 0 Å². The van der Waals surface area contributed by atoms with E-state index in [2.05, 4.69) is 16.0 Å². The molecular weight excluding hydrogens is 470 g/mol. The van der Waals surface area contributed by atoms with Crippen molar-refractivity contribution in [1.82, 2.24) is 16.0 Å². The van der Waals surface area contributed by atoms with Crippen molar-refractivity contribution in [1.29, 1.82) is 0 Å². The standard InChI is InChI=1S/C20H35N5O8S/c1-10(2)8-13(24-17(29)11(21)4-5-16(27)28)19(31)23-12(6-7-34-3)18(30)25-14(20(32)33)9-15(22)26/h10-14H,4-9,21H2,1-3H3,(H2,22,26)(H,23,31)(H,24,29)(H,25,30)(H,27,28)(H,32,33). The average Bonchev–Trinajstić information content (AvgIpc) is 2.72. The zero-order valence-corrected chi connectivity index (χ0v) is 20.4. The van der Waals surface area contributed by atoms with Crippen LogP contribution < -0.4 is 27.4 Å². The molecular formula is C20H35N5O8S. The molecule has 0 aliphatic rings. The molecule has 9 N–H and O–H groups in total. The minimum Gasteiger partial charge on any atom is -0.481 e. The Morgan fingerprint density at radius 2 is 1.38 bits per heavy atom. The zero-order chi connectivity index (χ0) is 26.4. The van der Waals surface area contributed by atoms with Gasteiger partial charge < -0.3 is 37.6 Å². The Kier molecular flexibility index (Phi) is 14.5. The molecule has 0 aromatic rings. The van der Waals surface area contributed by atoms with Crippen molar-refractivity contribution in [2.75, 3.05) is 12.0 Å². The third-order valence-electron chi connectivity index (χ3n) is 4.61. The molecule has 0 aliphatic heterocycles. The molecule has 0 saturated heterocycles. The molecule has 0 rings (SSSR count). The lowest BCUT2D eigenvalue weighted by Crippen LogP contribution is -2.57. The predicted molar refractivity (Wildman–Crippen MR) is 125 cm³/mol. The van der Waals surface area contributed by atoms with Crippen molar-refractivity contribution < 1.29 is 39.0 Å². The number of hydrogen-bond donors (Lipinski definition) is 7. The molecule has 0 aromatic carbocycles. The number of nitrogens with one attached hydrogen (secondary N) is 3. The van der Waals surface area contributed by atoms with Gasteiger partial charge >= 0.3 is 11.9 Å². The van der Waals surface area contributed by atoms with Gasteiger partial charge in [0.1, 0.15) is 18.1 Å². The highest BCUT2D eigenvalue weighted by Crippen LogP contribution is 2.09. The van der Waals surface area contributed by atoms with Gasteiger partial charge in [-0.2, -0.15) is 11.8 Å². The van der Waals surface area contributed by atoms with Gasteiger partial charge in [0, 0.05) is 6.42 Å². The lowest BCUT2D eigenvalue weighted by molar-refractivity contribution is -0.143. The van der Waals surface area contributed by atoms with Crippen molar-refractivity contribution in [2.45, 2.75) is 70.1 Å². The number of carbonyl (C=O) groups is 6. The third kappa shape index (κ3) is 13.0. The molecule has 4 atom stereocenters. The van der Waals surface area contributed by atoms with Gasteiger partial charge in [0.15, 0.2) is 0 Å². The van der Waals surface area contributed by atoms with Gasteiger partial charge in [-0.05, 0) is 37.2 Å². The number of thioether (sulfide) groups is 1. The Labute approximate surface area is 202 Å². The van der Waals surface area contributed by atoms with E-state index in [-0.39, 0.29) is 31.6 Å². The van der Waals surface area contributed by atoms with E-state index in [0.29, 0.717) is 5.75 Å². The maximum Gasteiger partial charge on any atom is 0.326 e. The summed E-state index contributed by atoms with van der Waals surface area (Å²) in [7, 11) is 0. The molecule has 0 saturated carbocycles. The van der Waals surface area contributed by atoms with Crippen LogP contribution in [0.5, 0.6) is 0 Å². The molecule has 0 radical (unpaired) electrons. The average molecular weight is 506 g/mol. The molecule has 0 heterocycles. The molecule has 194 valence electrons. The molecule has 0 aliphatic carbocycles. The summed E-state index contributed by atoms with van der Waals surface area (Å²) in [5.41, 5.74) is 10.7. The van der Waals surface area contributed by atoms with E-state index in [1.165, 1.54) is 11.8 Å². The highest BCUT2D eigenvalue weighted by Gasteiger charge is 2.31. The molecule has 0 fully saturated rings. The van der Waals surface area contributed by atoms with Crippen LogP contribution in [0, 0.1) is 5.92 Å². The minimum absolute atomic E-state index is 0.0308. The maximum absolute atomic E-state index is 12.9. The fourth-order valence-electron chi connectivity index (χ4n) is 2.84. The van der Waals surface area contributed by atoms with E-state index >= 15 is 0 Å². The fraction of sp³-hybridized carbons (Fsp3) is 0.700. The molecule has 0 spiro atoms. The smallest absolute Gasteiger partial charge is 0.326 e. The summed E-state index contributed by atoms with van der Waals surface area (Å²) in [4.78, 5) is 71.1. The number of rotatable bonds is 17. The summed E-state index contributed by atoms with van der Waals surface area (Å²) in [5, 5.41) is 25.2. The number of carboxylic acids is 2. The second kappa shape index (κ2) is 15.9. The normalized spacial score (nSPS) is 14.4. The molecule has 13 nitrogen and oxygen atoms in total. The van der Waals surface area contributed by atoms with Crippen LogP contribution in [0.15, 0.2) is 0 Å². The summed E-state index contributed by atoms with van der Waals surface area (Å²) >= 11 is 1.40.